The van der Waals surface area contributed by atoms with Crippen LogP contribution in [0, 0.1) is 0 Å². The van der Waals surface area contributed by atoms with Crippen molar-refractivity contribution < 1.29 is 21.9 Å². The fraction of sp³-hybridized carbons (Fsp3) is 0.600. The minimum Gasteiger partial charge on any atom is -0.378 e. The largest absolute Gasteiger partial charge is 0.386 e. The van der Waals surface area contributed by atoms with Crippen LogP contribution in [0.25, 0.3) is 0 Å². The van der Waals surface area contributed by atoms with Crippen molar-refractivity contribution in [3.8, 4) is 0 Å². The smallest absolute Gasteiger partial charge is 0.378 e. The number of anilines is 1. The monoisotopic (exact) mass is 327 g/mol. The maximum absolute atomic E-state index is 13.8. The molecule has 0 saturated carbocycles. The number of nitrogens with zero attached hydrogens (tertiary/aromatic N) is 3. The van der Waals surface area contributed by atoms with Crippen LogP contribution in [-0.4, -0.2) is 50.9 Å². The zero-order valence-electron chi connectivity index (χ0n) is 10.5. The number of alkyl halides is 2. The van der Waals surface area contributed by atoms with Gasteiger partial charge in [-0.15, -0.1) is 0 Å². The molecule has 0 N–H and O–H groups in total. The average Bonchev–Trinajstić information content (AvgIpc) is 2.37. The van der Waals surface area contributed by atoms with Crippen LogP contribution in [-0.2, 0) is 19.8 Å². The van der Waals surface area contributed by atoms with Gasteiger partial charge >= 0.3 is 5.25 Å². The number of sulfone groups is 1. The van der Waals surface area contributed by atoms with Crippen LogP contribution in [0.2, 0.25) is 5.15 Å². The van der Waals surface area contributed by atoms with Crippen molar-refractivity contribution in [2.24, 2.45) is 0 Å². The van der Waals surface area contributed by atoms with E-state index in [-0.39, 0.29) is 11.1 Å². The molecule has 0 spiro atoms. The molecule has 0 radical (unpaired) electrons. The van der Waals surface area contributed by atoms with E-state index in [1.807, 2.05) is 0 Å². The first-order valence-electron chi connectivity index (χ1n) is 5.67. The van der Waals surface area contributed by atoms with Gasteiger partial charge in [0.05, 0.1) is 13.2 Å². The van der Waals surface area contributed by atoms with E-state index in [4.69, 9.17) is 16.3 Å². The Kier molecular flexibility index (Phi) is 4.12. The lowest BCUT2D eigenvalue weighted by Crippen LogP contribution is -2.38. The summed E-state index contributed by atoms with van der Waals surface area (Å²) in [5.41, 5.74) is -0.929. The van der Waals surface area contributed by atoms with E-state index in [1.54, 1.807) is 4.90 Å². The number of hydrogen-bond donors (Lipinski definition) is 0. The van der Waals surface area contributed by atoms with Gasteiger partial charge in [-0.3, -0.25) is 0 Å². The average molecular weight is 328 g/mol. The summed E-state index contributed by atoms with van der Waals surface area (Å²) < 4.78 is 55.1. The van der Waals surface area contributed by atoms with E-state index in [0.717, 1.165) is 6.07 Å². The van der Waals surface area contributed by atoms with E-state index in [2.05, 4.69) is 9.97 Å². The molecular formula is C10H12ClF2N3O3S. The maximum Gasteiger partial charge on any atom is 0.386 e. The fourth-order valence-corrected chi connectivity index (χ4v) is 2.31. The summed E-state index contributed by atoms with van der Waals surface area (Å²) in [6, 6.07) is 0.756. The molecule has 1 aromatic heterocycles. The van der Waals surface area contributed by atoms with Gasteiger partial charge in [0.2, 0.25) is 15.8 Å². The van der Waals surface area contributed by atoms with Crippen LogP contribution in [0.5, 0.6) is 0 Å². The Morgan fingerprint density at radius 1 is 1.35 bits per heavy atom. The van der Waals surface area contributed by atoms with Gasteiger partial charge in [0.25, 0.3) is 0 Å². The summed E-state index contributed by atoms with van der Waals surface area (Å²) in [6.07, 6.45) is 0.442. The number of morpholine rings is 1. The summed E-state index contributed by atoms with van der Waals surface area (Å²) in [7, 11) is -4.65. The van der Waals surface area contributed by atoms with Gasteiger partial charge < -0.3 is 9.64 Å². The van der Waals surface area contributed by atoms with Crippen molar-refractivity contribution in [2.45, 2.75) is 5.25 Å². The third kappa shape index (κ3) is 2.99. The van der Waals surface area contributed by atoms with Crippen LogP contribution in [0.3, 0.4) is 0 Å². The Hall–Kier alpha value is -1.06. The molecule has 1 saturated heterocycles. The summed E-state index contributed by atoms with van der Waals surface area (Å²) in [5, 5.41) is -4.35. The maximum atomic E-state index is 13.8. The number of ether oxygens (including phenoxy) is 1. The van der Waals surface area contributed by atoms with Crippen molar-refractivity contribution in [2.75, 3.05) is 37.5 Å². The highest BCUT2D eigenvalue weighted by Gasteiger charge is 2.45. The summed E-state index contributed by atoms with van der Waals surface area (Å²) in [6.45, 7) is 1.66. The molecule has 1 aliphatic rings. The molecule has 1 aliphatic heterocycles. The highest BCUT2D eigenvalue weighted by Crippen LogP contribution is 2.34. The van der Waals surface area contributed by atoms with Gasteiger partial charge in [0.1, 0.15) is 10.8 Å². The third-order valence-electron chi connectivity index (χ3n) is 2.74. The quantitative estimate of drug-likeness (QED) is 0.773. The molecule has 0 unspecified atom stereocenters. The molecule has 6 nitrogen and oxygen atoms in total. The van der Waals surface area contributed by atoms with Crippen LogP contribution in [0.4, 0.5) is 14.7 Å². The molecule has 0 aliphatic carbocycles. The molecule has 1 fully saturated rings. The standard InChI is InChI=1S/C10H12ClF2N3O3S/c1-20(17,18)10(12,13)7-6-8(11)15-9(14-7)16-2-4-19-5-3-16/h6H,2-5H2,1H3. The summed E-state index contributed by atoms with van der Waals surface area (Å²) in [4.78, 5) is 9.10. The minimum absolute atomic E-state index is 0.0286. The second-order valence-electron chi connectivity index (χ2n) is 4.26. The lowest BCUT2D eigenvalue weighted by atomic mass is 10.4. The predicted molar refractivity (Wildman–Crippen MR) is 68.8 cm³/mol. The summed E-state index contributed by atoms with van der Waals surface area (Å²) in [5.74, 6) is -0.0286. The lowest BCUT2D eigenvalue weighted by molar-refractivity contribution is 0.0862. The highest BCUT2D eigenvalue weighted by molar-refractivity contribution is 7.91. The second-order valence-corrected chi connectivity index (χ2v) is 6.71. The second kappa shape index (κ2) is 5.38. The van der Waals surface area contributed by atoms with Crippen molar-refractivity contribution in [1.82, 2.24) is 9.97 Å². The normalized spacial score (nSPS) is 17.3. The number of halogens is 3. The van der Waals surface area contributed by atoms with Gasteiger partial charge in [0, 0.05) is 25.4 Å². The molecule has 0 bridgehead atoms. The van der Waals surface area contributed by atoms with E-state index < -0.39 is 20.8 Å². The zero-order valence-corrected chi connectivity index (χ0v) is 12.1. The molecule has 2 heterocycles. The predicted octanol–water partition coefficient (Wildman–Crippen LogP) is 1.06. The van der Waals surface area contributed by atoms with Crippen LogP contribution in [0.15, 0.2) is 6.07 Å². The Balaban J connectivity index is 2.43. The molecule has 10 heteroatoms. The van der Waals surface area contributed by atoms with Crippen molar-refractivity contribution >= 4 is 27.4 Å². The molecule has 1 aromatic rings. The third-order valence-corrected chi connectivity index (χ3v) is 4.08. The van der Waals surface area contributed by atoms with Crippen molar-refractivity contribution in [1.29, 1.82) is 0 Å². The molecule has 0 amide bonds. The van der Waals surface area contributed by atoms with E-state index >= 15 is 0 Å². The Labute approximate surface area is 119 Å². The molecular weight excluding hydrogens is 316 g/mol. The Morgan fingerprint density at radius 2 is 1.95 bits per heavy atom. The summed E-state index contributed by atoms with van der Waals surface area (Å²) >= 11 is 5.69. The Morgan fingerprint density at radius 3 is 2.50 bits per heavy atom. The molecule has 112 valence electrons. The van der Waals surface area contributed by atoms with E-state index in [9.17, 15) is 17.2 Å². The van der Waals surface area contributed by atoms with Gasteiger partial charge in [0.15, 0.2) is 0 Å². The fourth-order valence-electron chi connectivity index (χ4n) is 1.65. The molecule has 0 atom stereocenters. The van der Waals surface area contributed by atoms with Gasteiger partial charge in [-0.25, -0.2) is 18.4 Å². The molecule has 2 rings (SSSR count). The first kappa shape index (κ1) is 15.3. The number of rotatable bonds is 3. The van der Waals surface area contributed by atoms with E-state index in [1.165, 1.54) is 0 Å². The Bertz CT molecular complexity index is 606. The van der Waals surface area contributed by atoms with Crippen LogP contribution in [0.1, 0.15) is 5.69 Å². The minimum atomic E-state index is -4.65. The topological polar surface area (TPSA) is 72.4 Å². The molecule has 0 aromatic carbocycles. The van der Waals surface area contributed by atoms with Gasteiger partial charge in [-0.05, 0) is 0 Å². The zero-order chi connectivity index (χ0) is 15.0. The number of hydrogen-bond acceptors (Lipinski definition) is 6. The first-order chi connectivity index (χ1) is 9.22. The van der Waals surface area contributed by atoms with Crippen molar-refractivity contribution in [3.63, 3.8) is 0 Å². The van der Waals surface area contributed by atoms with Gasteiger partial charge in [-0.1, -0.05) is 11.6 Å². The van der Waals surface area contributed by atoms with Crippen molar-refractivity contribution in [3.05, 3.63) is 16.9 Å². The van der Waals surface area contributed by atoms with E-state index in [0.29, 0.717) is 32.6 Å². The SMILES string of the molecule is CS(=O)(=O)C(F)(F)c1cc(Cl)nc(N2CCOCC2)n1. The number of aromatic nitrogens is 2. The lowest BCUT2D eigenvalue weighted by Gasteiger charge is -2.27. The van der Waals surface area contributed by atoms with Gasteiger partial charge in [-0.2, -0.15) is 8.78 Å². The highest BCUT2D eigenvalue weighted by atomic mass is 35.5. The van der Waals surface area contributed by atoms with Crippen LogP contribution < -0.4 is 4.90 Å². The molecule has 20 heavy (non-hydrogen) atoms. The first-order valence-corrected chi connectivity index (χ1v) is 7.94. The van der Waals surface area contributed by atoms with Crippen LogP contribution >= 0.6 is 11.6 Å².